The van der Waals surface area contributed by atoms with Crippen LogP contribution in [0.4, 0.5) is 0 Å². The van der Waals surface area contributed by atoms with Crippen molar-refractivity contribution in [2.24, 2.45) is 5.73 Å². The summed E-state index contributed by atoms with van der Waals surface area (Å²) in [7, 11) is -3.23. The average molecular weight is 352 g/mol. The summed E-state index contributed by atoms with van der Waals surface area (Å²) in [6, 6.07) is 26.4. The molecule has 0 unspecified atom stereocenters. The highest BCUT2D eigenvalue weighted by molar-refractivity contribution is 7.74. The number of hydrogen-bond donors (Lipinski definition) is 2. The Morgan fingerprint density at radius 1 is 0.760 bits per heavy atom. The number of benzene rings is 3. The lowest BCUT2D eigenvalue weighted by atomic mass is 10.1. The van der Waals surface area contributed by atoms with Crippen LogP contribution in [0, 0.1) is 0 Å². The second-order valence-electron chi connectivity index (χ2n) is 5.61. The molecule has 0 saturated heterocycles. The van der Waals surface area contributed by atoms with Crippen molar-refractivity contribution in [3.63, 3.8) is 0 Å². The summed E-state index contributed by atoms with van der Waals surface area (Å²) in [4.78, 5) is 0. The zero-order valence-electron chi connectivity index (χ0n) is 13.8. The van der Waals surface area contributed by atoms with Gasteiger partial charge in [-0.3, -0.25) is 4.57 Å². The average Bonchev–Trinajstić information content (AvgIpc) is 2.69. The molecule has 0 saturated carbocycles. The summed E-state index contributed by atoms with van der Waals surface area (Å²) < 4.78 is 19.4. The standard InChI is InChI=1S/C20H21N2O2P/c21-15-17-9-7-8-10-18(17)16-22-24-25(23,19-11-3-1-4-12-19)20-13-5-2-6-14-20/h1-14,22H,15-16,21H2. The summed E-state index contributed by atoms with van der Waals surface area (Å²) in [6.07, 6.45) is 0. The summed E-state index contributed by atoms with van der Waals surface area (Å²) in [5.41, 5.74) is 10.7. The van der Waals surface area contributed by atoms with Crippen LogP contribution >= 0.6 is 7.37 Å². The van der Waals surface area contributed by atoms with Gasteiger partial charge in [-0.25, -0.2) is 4.62 Å². The third kappa shape index (κ3) is 4.06. The van der Waals surface area contributed by atoms with Gasteiger partial charge in [0.2, 0.25) is 0 Å². The van der Waals surface area contributed by atoms with Gasteiger partial charge in [0.15, 0.2) is 0 Å². The Morgan fingerprint density at radius 2 is 1.24 bits per heavy atom. The van der Waals surface area contributed by atoms with E-state index in [0.29, 0.717) is 23.7 Å². The van der Waals surface area contributed by atoms with Crippen LogP contribution < -0.4 is 21.8 Å². The smallest absolute Gasteiger partial charge is 0.277 e. The van der Waals surface area contributed by atoms with E-state index < -0.39 is 7.37 Å². The predicted molar refractivity (Wildman–Crippen MR) is 102 cm³/mol. The molecule has 128 valence electrons. The molecule has 0 radical (unpaired) electrons. The van der Waals surface area contributed by atoms with Gasteiger partial charge in [-0.15, -0.1) is 0 Å². The molecule has 0 amide bonds. The number of nitrogens with one attached hydrogen (secondary N) is 1. The predicted octanol–water partition coefficient (Wildman–Crippen LogP) is 3.10. The number of hydrogen-bond acceptors (Lipinski definition) is 4. The van der Waals surface area contributed by atoms with E-state index in [9.17, 15) is 4.57 Å². The molecule has 3 rings (SSSR count). The minimum Gasteiger partial charge on any atom is -0.326 e. The fourth-order valence-electron chi connectivity index (χ4n) is 2.63. The van der Waals surface area contributed by atoms with Gasteiger partial charge in [-0.05, 0) is 35.4 Å². The highest BCUT2D eigenvalue weighted by Crippen LogP contribution is 2.43. The summed E-state index contributed by atoms with van der Waals surface area (Å²) in [5, 5.41) is 1.31. The van der Waals surface area contributed by atoms with Crippen LogP contribution in [0.15, 0.2) is 84.9 Å². The van der Waals surface area contributed by atoms with Crippen LogP contribution in [0.3, 0.4) is 0 Å². The number of rotatable bonds is 7. The van der Waals surface area contributed by atoms with Gasteiger partial charge in [0.05, 0.1) is 0 Å². The van der Waals surface area contributed by atoms with E-state index in [1.165, 1.54) is 0 Å². The van der Waals surface area contributed by atoms with Gasteiger partial charge in [-0.1, -0.05) is 60.7 Å². The van der Waals surface area contributed by atoms with Crippen molar-refractivity contribution in [1.29, 1.82) is 0 Å². The quantitative estimate of drug-likeness (QED) is 0.507. The topological polar surface area (TPSA) is 64.3 Å². The minimum atomic E-state index is -3.23. The van der Waals surface area contributed by atoms with Crippen LogP contribution in [0.1, 0.15) is 11.1 Å². The Hall–Kier alpha value is -2.23. The highest BCUT2D eigenvalue weighted by Gasteiger charge is 2.28. The van der Waals surface area contributed by atoms with E-state index in [4.69, 9.17) is 10.4 Å². The van der Waals surface area contributed by atoms with E-state index in [-0.39, 0.29) is 0 Å². The van der Waals surface area contributed by atoms with Gasteiger partial charge >= 0.3 is 0 Å². The maximum atomic E-state index is 13.7. The molecule has 0 aromatic heterocycles. The van der Waals surface area contributed by atoms with Crippen LogP contribution in [-0.4, -0.2) is 0 Å². The molecule has 0 aliphatic rings. The monoisotopic (exact) mass is 352 g/mol. The van der Waals surface area contributed by atoms with E-state index >= 15 is 0 Å². The molecule has 0 atom stereocenters. The molecule has 25 heavy (non-hydrogen) atoms. The molecule has 5 heteroatoms. The molecule has 3 N–H and O–H groups in total. The molecule has 4 nitrogen and oxygen atoms in total. The molecule has 3 aromatic rings. The van der Waals surface area contributed by atoms with Gasteiger partial charge in [0.25, 0.3) is 7.37 Å². The Bertz CT molecular complexity index is 810. The number of nitrogens with two attached hydrogens (primary N) is 1. The summed E-state index contributed by atoms with van der Waals surface area (Å²) >= 11 is 0. The lowest BCUT2D eigenvalue weighted by molar-refractivity contribution is 0.202. The summed E-state index contributed by atoms with van der Waals surface area (Å²) in [6.45, 7) is 0.879. The fraction of sp³-hybridized carbons (Fsp3) is 0.100. The van der Waals surface area contributed by atoms with E-state index in [1.54, 1.807) is 0 Å². The van der Waals surface area contributed by atoms with Crippen molar-refractivity contribution in [3.05, 3.63) is 96.1 Å². The Kier molecular flexibility index (Phi) is 5.79. The molecule has 0 aliphatic heterocycles. The first-order chi connectivity index (χ1) is 12.2. The maximum absolute atomic E-state index is 13.7. The minimum absolute atomic E-state index is 0.428. The molecule has 0 heterocycles. The van der Waals surface area contributed by atoms with Crippen molar-refractivity contribution in [2.45, 2.75) is 13.1 Å². The first kappa shape index (κ1) is 17.6. The lowest BCUT2D eigenvalue weighted by Crippen LogP contribution is -2.24. The maximum Gasteiger partial charge on any atom is 0.277 e. The second kappa shape index (κ2) is 8.24. The second-order valence-corrected chi connectivity index (χ2v) is 7.93. The van der Waals surface area contributed by atoms with E-state index in [0.717, 1.165) is 11.1 Å². The van der Waals surface area contributed by atoms with Crippen molar-refractivity contribution >= 4 is 18.0 Å². The molecule has 0 aliphatic carbocycles. The van der Waals surface area contributed by atoms with Crippen molar-refractivity contribution in [2.75, 3.05) is 0 Å². The summed E-state index contributed by atoms with van der Waals surface area (Å²) in [5.74, 6) is 0. The third-order valence-corrected chi connectivity index (χ3v) is 6.33. The fourth-order valence-corrected chi connectivity index (χ4v) is 4.52. The van der Waals surface area contributed by atoms with Gasteiger partial charge in [-0.2, -0.15) is 5.48 Å². The Morgan fingerprint density at radius 3 is 1.76 bits per heavy atom. The van der Waals surface area contributed by atoms with Crippen LogP contribution in [0.25, 0.3) is 0 Å². The third-order valence-electron chi connectivity index (χ3n) is 3.99. The zero-order chi connectivity index (χ0) is 17.5. The normalized spacial score (nSPS) is 11.4. The lowest BCUT2D eigenvalue weighted by Gasteiger charge is -2.20. The molecule has 0 fully saturated rings. The van der Waals surface area contributed by atoms with Crippen molar-refractivity contribution in [1.82, 2.24) is 5.48 Å². The van der Waals surface area contributed by atoms with Crippen molar-refractivity contribution < 1.29 is 9.19 Å². The van der Waals surface area contributed by atoms with E-state index in [1.807, 2.05) is 84.9 Å². The first-order valence-electron chi connectivity index (χ1n) is 8.13. The van der Waals surface area contributed by atoms with Gasteiger partial charge in [0.1, 0.15) is 0 Å². The largest absolute Gasteiger partial charge is 0.326 e. The van der Waals surface area contributed by atoms with E-state index in [2.05, 4.69) is 5.48 Å². The van der Waals surface area contributed by atoms with Crippen LogP contribution in [0.5, 0.6) is 0 Å². The Labute approximate surface area is 148 Å². The van der Waals surface area contributed by atoms with Crippen LogP contribution in [-0.2, 0) is 22.3 Å². The zero-order valence-corrected chi connectivity index (χ0v) is 14.7. The van der Waals surface area contributed by atoms with Gasteiger partial charge in [0, 0.05) is 23.7 Å². The molecule has 0 bridgehead atoms. The number of hydroxylamine groups is 1. The molecular formula is C20H21N2O2P. The molecular weight excluding hydrogens is 331 g/mol. The van der Waals surface area contributed by atoms with Crippen molar-refractivity contribution in [3.8, 4) is 0 Å². The Balaban J connectivity index is 1.83. The SMILES string of the molecule is NCc1ccccc1CNOP(=O)(c1ccccc1)c1ccccc1. The van der Waals surface area contributed by atoms with Crippen LogP contribution in [0.2, 0.25) is 0 Å². The highest BCUT2D eigenvalue weighted by atomic mass is 31.2. The molecule has 3 aromatic carbocycles. The first-order valence-corrected chi connectivity index (χ1v) is 9.76. The van der Waals surface area contributed by atoms with Gasteiger partial charge < -0.3 is 5.73 Å². The molecule has 0 spiro atoms.